The molecule has 18 heavy (non-hydrogen) atoms. The molecule has 0 N–H and O–H groups in total. The van der Waals surface area contributed by atoms with Gasteiger partial charge in [-0.25, -0.2) is 4.79 Å². The van der Waals surface area contributed by atoms with Crippen molar-refractivity contribution < 1.29 is 14.3 Å². The number of methoxy groups -OCH3 is 2. The van der Waals surface area contributed by atoms with Crippen LogP contribution in [-0.4, -0.2) is 20.2 Å². The van der Waals surface area contributed by atoms with E-state index in [4.69, 9.17) is 21.9 Å². The lowest BCUT2D eigenvalue weighted by Crippen LogP contribution is -2.02. The molecule has 0 saturated heterocycles. The number of nitrogens with zero attached hydrogens (tertiary/aromatic N) is 3. The van der Waals surface area contributed by atoms with E-state index in [9.17, 15) is 4.79 Å². The van der Waals surface area contributed by atoms with Crippen LogP contribution in [0.2, 0.25) is 5.02 Å². The van der Waals surface area contributed by atoms with Crippen molar-refractivity contribution >= 4 is 23.6 Å². The maximum atomic E-state index is 11.4. The van der Waals surface area contributed by atoms with E-state index in [0.29, 0.717) is 16.3 Å². The third-order valence-corrected chi connectivity index (χ3v) is 2.27. The predicted octanol–water partition coefficient (Wildman–Crippen LogP) is 3.17. The lowest BCUT2D eigenvalue weighted by molar-refractivity contribution is -0.136. The smallest absolute Gasteiger partial charge is 0.340 e. The van der Waals surface area contributed by atoms with Gasteiger partial charge in [0.2, 0.25) is 0 Å². The van der Waals surface area contributed by atoms with Gasteiger partial charge in [-0.1, -0.05) is 16.7 Å². The van der Waals surface area contributed by atoms with E-state index >= 15 is 0 Å². The van der Waals surface area contributed by atoms with Crippen molar-refractivity contribution in [1.82, 2.24) is 0 Å². The van der Waals surface area contributed by atoms with E-state index in [1.807, 2.05) is 0 Å². The van der Waals surface area contributed by atoms with E-state index in [0.717, 1.165) is 0 Å². The summed E-state index contributed by atoms with van der Waals surface area (Å²) < 4.78 is 9.60. The highest BCUT2D eigenvalue weighted by molar-refractivity contribution is 6.30. The van der Waals surface area contributed by atoms with Gasteiger partial charge in [0.1, 0.15) is 11.4 Å². The summed E-state index contributed by atoms with van der Waals surface area (Å²) in [7, 11) is 2.67. The van der Waals surface area contributed by atoms with Gasteiger partial charge >= 0.3 is 5.97 Å². The Bertz CT molecular complexity index is 536. The fourth-order valence-corrected chi connectivity index (χ4v) is 1.43. The van der Waals surface area contributed by atoms with Gasteiger partial charge in [0.05, 0.1) is 14.2 Å². The highest BCUT2D eigenvalue weighted by Crippen LogP contribution is 2.25. The summed E-state index contributed by atoms with van der Waals surface area (Å²) in [6.45, 7) is 0. The van der Waals surface area contributed by atoms with Gasteiger partial charge in [-0.15, -0.1) is 0 Å². The van der Waals surface area contributed by atoms with Crippen molar-refractivity contribution in [3.05, 3.63) is 44.9 Å². The maximum absolute atomic E-state index is 11.4. The summed E-state index contributed by atoms with van der Waals surface area (Å²) in [5.41, 5.74) is 8.72. The molecule has 0 atom stereocenters. The van der Waals surface area contributed by atoms with E-state index in [-0.39, 0.29) is 5.70 Å². The molecule has 0 unspecified atom stereocenters. The second-order valence-corrected chi connectivity index (χ2v) is 3.53. The Balaban J connectivity index is 3.30. The first-order chi connectivity index (χ1) is 8.62. The number of azide groups is 1. The molecule has 1 rings (SSSR count). The molecule has 1 aromatic carbocycles. The molecule has 6 nitrogen and oxygen atoms in total. The van der Waals surface area contributed by atoms with Gasteiger partial charge in [-0.2, -0.15) is 0 Å². The molecule has 1 aromatic rings. The number of hydrogen-bond acceptors (Lipinski definition) is 4. The zero-order chi connectivity index (χ0) is 13.5. The molecule has 0 aliphatic heterocycles. The molecule has 94 valence electrons. The third-order valence-electron chi connectivity index (χ3n) is 2.03. The molecule has 0 saturated carbocycles. The third kappa shape index (κ3) is 3.41. The Hall–Kier alpha value is -2.17. The van der Waals surface area contributed by atoms with Gasteiger partial charge in [0.25, 0.3) is 0 Å². The zero-order valence-corrected chi connectivity index (χ0v) is 10.5. The highest BCUT2D eigenvalue weighted by atomic mass is 35.5. The standard InChI is InChI=1S/C11H10ClN3O3/c1-17-10-4-3-8(12)5-7(10)6-9(14-15-13)11(16)18-2/h3-6H,1-2H3/b9-6-. The number of esters is 1. The summed E-state index contributed by atoms with van der Waals surface area (Å²) in [6, 6.07) is 4.86. The average molecular weight is 268 g/mol. The molecule has 0 fully saturated rings. The van der Waals surface area contributed by atoms with Crippen LogP contribution in [0.15, 0.2) is 29.0 Å². The second kappa shape index (κ2) is 6.54. The molecule has 0 aliphatic carbocycles. The lowest BCUT2D eigenvalue weighted by Gasteiger charge is -2.06. The highest BCUT2D eigenvalue weighted by Gasteiger charge is 2.10. The summed E-state index contributed by atoms with van der Waals surface area (Å²) >= 11 is 5.84. The first-order valence-corrected chi connectivity index (χ1v) is 5.18. The first kappa shape index (κ1) is 13.9. The zero-order valence-electron chi connectivity index (χ0n) is 9.75. The topological polar surface area (TPSA) is 84.3 Å². The summed E-state index contributed by atoms with van der Waals surface area (Å²) in [5, 5.41) is 3.73. The van der Waals surface area contributed by atoms with E-state index in [2.05, 4.69) is 14.8 Å². The maximum Gasteiger partial charge on any atom is 0.340 e. The van der Waals surface area contributed by atoms with Crippen LogP contribution < -0.4 is 4.74 Å². The molecule has 7 heteroatoms. The van der Waals surface area contributed by atoms with Crippen molar-refractivity contribution in [3.8, 4) is 5.75 Å². The van der Waals surface area contributed by atoms with Crippen LogP contribution in [0.4, 0.5) is 0 Å². The molecule has 0 radical (unpaired) electrons. The number of rotatable bonds is 4. The average Bonchev–Trinajstić information content (AvgIpc) is 2.37. The number of halogens is 1. The van der Waals surface area contributed by atoms with Crippen molar-refractivity contribution in [2.24, 2.45) is 5.11 Å². The van der Waals surface area contributed by atoms with Gasteiger partial charge in [-0.3, -0.25) is 0 Å². The van der Waals surface area contributed by atoms with Crippen LogP contribution in [0.3, 0.4) is 0 Å². The molecular formula is C11H10ClN3O3. The number of carbonyl (C=O) groups is 1. The van der Waals surface area contributed by atoms with Crippen LogP contribution in [0, 0.1) is 0 Å². The Morgan fingerprint density at radius 3 is 2.78 bits per heavy atom. The fraction of sp³-hybridized carbons (Fsp3) is 0.182. The Kier molecular flexibility index (Phi) is 5.05. The van der Waals surface area contributed by atoms with Gasteiger partial charge < -0.3 is 9.47 Å². The number of hydrogen-bond donors (Lipinski definition) is 0. The minimum absolute atomic E-state index is 0.180. The normalized spacial score (nSPS) is 10.5. The molecule has 0 spiro atoms. The molecular weight excluding hydrogens is 258 g/mol. The summed E-state index contributed by atoms with van der Waals surface area (Å²) in [6.07, 6.45) is 1.34. The fourth-order valence-electron chi connectivity index (χ4n) is 1.25. The van der Waals surface area contributed by atoms with E-state index < -0.39 is 5.97 Å². The van der Waals surface area contributed by atoms with Gasteiger partial charge in [0.15, 0.2) is 0 Å². The van der Waals surface area contributed by atoms with Crippen molar-refractivity contribution in [2.75, 3.05) is 14.2 Å². The number of ether oxygens (including phenoxy) is 2. The second-order valence-electron chi connectivity index (χ2n) is 3.10. The Labute approximate surface area is 108 Å². The van der Waals surface area contributed by atoms with Crippen LogP contribution in [0.25, 0.3) is 16.5 Å². The van der Waals surface area contributed by atoms with Crippen molar-refractivity contribution in [1.29, 1.82) is 0 Å². The Morgan fingerprint density at radius 1 is 1.50 bits per heavy atom. The van der Waals surface area contributed by atoms with E-state index in [1.54, 1.807) is 18.2 Å². The largest absolute Gasteiger partial charge is 0.496 e. The van der Waals surface area contributed by atoms with Crippen LogP contribution in [0.5, 0.6) is 5.75 Å². The molecule has 0 heterocycles. The molecule has 0 aliphatic rings. The predicted molar refractivity (Wildman–Crippen MR) is 67.1 cm³/mol. The van der Waals surface area contributed by atoms with Crippen LogP contribution in [0.1, 0.15) is 5.56 Å². The van der Waals surface area contributed by atoms with Gasteiger partial charge in [-0.05, 0) is 29.8 Å². The van der Waals surface area contributed by atoms with Crippen molar-refractivity contribution in [2.45, 2.75) is 0 Å². The molecule has 0 bridgehead atoms. The SMILES string of the molecule is COC(=O)/C(=C/c1cc(Cl)ccc1OC)N=[N+]=[N-]. The van der Waals surface area contributed by atoms with Crippen molar-refractivity contribution in [3.63, 3.8) is 0 Å². The minimum Gasteiger partial charge on any atom is -0.496 e. The summed E-state index contributed by atoms with van der Waals surface area (Å²) in [4.78, 5) is 13.9. The van der Waals surface area contributed by atoms with Gasteiger partial charge in [0, 0.05) is 15.5 Å². The molecule has 0 amide bonds. The minimum atomic E-state index is -0.741. The molecule has 0 aromatic heterocycles. The lowest BCUT2D eigenvalue weighted by atomic mass is 10.1. The Morgan fingerprint density at radius 2 is 2.22 bits per heavy atom. The van der Waals surface area contributed by atoms with E-state index in [1.165, 1.54) is 20.3 Å². The van der Waals surface area contributed by atoms with Crippen LogP contribution in [-0.2, 0) is 9.53 Å². The number of benzene rings is 1. The first-order valence-electron chi connectivity index (χ1n) is 4.81. The monoisotopic (exact) mass is 267 g/mol. The number of carbonyl (C=O) groups excluding carboxylic acids is 1. The summed E-state index contributed by atoms with van der Waals surface area (Å²) in [5.74, 6) is -0.247. The van der Waals surface area contributed by atoms with Crippen LogP contribution >= 0.6 is 11.6 Å². The quantitative estimate of drug-likeness (QED) is 0.276.